The summed E-state index contributed by atoms with van der Waals surface area (Å²) in [4.78, 5) is 0. The molecule has 0 aliphatic rings. The minimum absolute atomic E-state index is 0.473. The first-order chi connectivity index (χ1) is 7.44. The van der Waals surface area contributed by atoms with Crippen LogP contribution in [0.2, 0.25) is 24.7 Å². The van der Waals surface area contributed by atoms with E-state index in [0.717, 1.165) is 0 Å². The van der Waals surface area contributed by atoms with Gasteiger partial charge in [-0.1, -0.05) is 43.2 Å². The van der Waals surface area contributed by atoms with Gasteiger partial charge >= 0.3 is 7.69 Å². The van der Waals surface area contributed by atoms with Crippen molar-refractivity contribution < 1.29 is 9.68 Å². The summed E-state index contributed by atoms with van der Waals surface area (Å²) in [6.45, 7) is 6.45. The zero-order valence-corrected chi connectivity index (χ0v) is 11.3. The largest absolute Gasteiger partial charge is 0.569 e. The molecule has 1 rings (SSSR count). The van der Waals surface area contributed by atoms with Crippen LogP contribution in [0.25, 0.3) is 0 Å². The van der Waals surface area contributed by atoms with E-state index in [1.54, 1.807) is 18.2 Å². The van der Waals surface area contributed by atoms with Gasteiger partial charge in [-0.3, -0.25) is 0 Å². The van der Waals surface area contributed by atoms with Gasteiger partial charge in [-0.25, -0.2) is 0 Å². The first-order valence-electron chi connectivity index (χ1n) is 4.88. The second-order valence-electron chi connectivity index (χ2n) is 4.34. The van der Waals surface area contributed by atoms with Gasteiger partial charge in [-0.05, 0) is 12.1 Å². The summed E-state index contributed by atoms with van der Waals surface area (Å²) in [5.41, 5.74) is 3.83. The molecule has 0 unspecified atom stereocenters. The van der Waals surface area contributed by atoms with Crippen LogP contribution in [0.5, 0.6) is 5.75 Å². The smallest absolute Gasteiger partial charge is 0.536 e. The monoisotopic (exact) mass is 251 g/mol. The molecule has 1 N–H and O–H groups in total. The van der Waals surface area contributed by atoms with Gasteiger partial charge in [0.05, 0.1) is 10.6 Å². The van der Waals surface area contributed by atoms with Crippen LogP contribution in [0.3, 0.4) is 0 Å². The molecule has 16 heavy (non-hydrogen) atoms. The lowest BCUT2D eigenvalue weighted by atomic mass is 10.2. The molecule has 0 spiro atoms. The summed E-state index contributed by atoms with van der Waals surface area (Å²) in [5.74, 6) is 3.50. The van der Waals surface area contributed by atoms with Crippen molar-refractivity contribution in [1.29, 1.82) is 0 Å². The van der Waals surface area contributed by atoms with E-state index in [0.29, 0.717) is 24.0 Å². The third kappa shape index (κ3) is 3.93. The van der Waals surface area contributed by atoms with Crippen LogP contribution in [0.4, 0.5) is 0 Å². The molecule has 0 amide bonds. The van der Waals surface area contributed by atoms with Gasteiger partial charge in [-0.15, -0.1) is 5.54 Å². The fraction of sp³-hybridized carbons (Fsp3) is 0.273. The van der Waals surface area contributed by atoms with E-state index < -0.39 is 8.07 Å². The highest BCUT2D eigenvalue weighted by molar-refractivity contribution is 6.83. The normalized spacial score (nSPS) is 10.3. The summed E-state index contributed by atoms with van der Waals surface area (Å²) < 4.78 is 4.94. The molecule has 0 atom stereocenters. The molecule has 1 aromatic rings. The summed E-state index contributed by atoms with van der Waals surface area (Å²) in [6.07, 6.45) is 0. The molecule has 0 bridgehead atoms. The van der Waals surface area contributed by atoms with Crippen molar-refractivity contribution in [3.63, 3.8) is 0 Å². The maximum atomic E-state index is 8.63. The van der Waals surface area contributed by atoms with E-state index >= 15 is 0 Å². The van der Waals surface area contributed by atoms with Crippen LogP contribution in [-0.2, 0) is 0 Å². The Kier molecular flexibility index (Phi) is 4.48. The summed E-state index contributed by atoms with van der Waals surface area (Å²) in [7, 11) is -0.827. The minimum atomic E-state index is -1.46. The summed E-state index contributed by atoms with van der Waals surface area (Å²) in [6, 6.07) is 5.22. The Labute approximate surface area is 103 Å². The number of hydrogen-bond donors (Lipinski definition) is 1. The number of hydrogen-bond acceptors (Lipinski definition) is 2. The van der Waals surface area contributed by atoms with Crippen molar-refractivity contribution in [2.75, 3.05) is 0 Å². The lowest BCUT2D eigenvalue weighted by Gasteiger charge is -2.07. The molecule has 1 aromatic carbocycles. The van der Waals surface area contributed by atoms with Crippen molar-refractivity contribution in [1.82, 2.24) is 0 Å². The molecule has 0 aliphatic heterocycles. The number of rotatable bonds is 2. The zero-order valence-electron chi connectivity index (χ0n) is 9.54. The highest BCUT2D eigenvalue weighted by Gasteiger charge is 2.10. The molecule has 83 valence electrons. The molecule has 0 saturated heterocycles. The highest BCUT2D eigenvalue weighted by Crippen LogP contribution is 2.25. The Balaban J connectivity index is 3.14. The van der Waals surface area contributed by atoms with Crippen LogP contribution in [-0.4, -0.2) is 20.8 Å². The molecular weight excluding hydrogens is 238 g/mol. The number of benzene rings is 1. The van der Waals surface area contributed by atoms with Gasteiger partial charge in [0.2, 0.25) is 0 Å². The lowest BCUT2D eigenvalue weighted by molar-refractivity contribution is 0.453. The lowest BCUT2D eigenvalue weighted by Crippen LogP contribution is -2.16. The second kappa shape index (κ2) is 5.44. The van der Waals surface area contributed by atoms with E-state index in [1.807, 2.05) is 0 Å². The minimum Gasteiger partial charge on any atom is -0.536 e. The van der Waals surface area contributed by atoms with Gasteiger partial charge in [0.1, 0.15) is 13.8 Å². The summed E-state index contributed by atoms with van der Waals surface area (Å²) >= 11 is 6.03. The fourth-order valence-electron chi connectivity index (χ4n) is 1.03. The first-order valence-corrected chi connectivity index (χ1v) is 8.76. The van der Waals surface area contributed by atoms with E-state index in [2.05, 4.69) is 31.1 Å². The molecule has 0 aromatic heterocycles. The quantitative estimate of drug-likeness (QED) is 0.646. The van der Waals surface area contributed by atoms with Gasteiger partial charge in [0.25, 0.3) is 0 Å². The molecule has 1 radical (unpaired) electrons. The maximum Gasteiger partial charge on any atom is 0.569 e. The SMILES string of the molecule is C[Si](C)(C)C#Cc1c(Cl)cccc1O[B]O. The molecule has 0 heterocycles. The molecule has 0 fully saturated rings. The van der Waals surface area contributed by atoms with E-state index in [4.69, 9.17) is 21.3 Å². The van der Waals surface area contributed by atoms with Crippen LogP contribution >= 0.6 is 11.6 Å². The fourth-order valence-corrected chi connectivity index (χ4v) is 1.74. The predicted molar refractivity (Wildman–Crippen MR) is 70.3 cm³/mol. The van der Waals surface area contributed by atoms with Gasteiger partial charge in [0.15, 0.2) is 0 Å². The average molecular weight is 252 g/mol. The average Bonchev–Trinajstić information content (AvgIpc) is 2.15. The Morgan fingerprint density at radius 1 is 1.38 bits per heavy atom. The molecule has 0 saturated carbocycles. The zero-order chi connectivity index (χ0) is 12.2. The molecule has 0 aliphatic carbocycles. The Bertz CT molecular complexity index is 432. The highest BCUT2D eigenvalue weighted by atomic mass is 35.5. The standard InChI is InChI=1S/C11H13BClO2Si/c1-16(2,3)8-7-9-10(13)5-4-6-11(9)15-12-14/h4-6,14H,1-3H3. The van der Waals surface area contributed by atoms with Gasteiger partial charge < -0.3 is 9.68 Å². The van der Waals surface area contributed by atoms with Crippen molar-refractivity contribution >= 4 is 27.4 Å². The van der Waals surface area contributed by atoms with Gasteiger partial charge in [0, 0.05) is 0 Å². The third-order valence-electron chi connectivity index (χ3n) is 1.72. The van der Waals surface area contributed by atoms with Crippen LogP contribution in [0.15, 0.2) is 18.2 Å². The molecule has 5 heteroatoms. The summed E-state index contributed by atoms with van der Waals surface area (Å²) in [5, 5.41) is 9.17. The van der Waals surface area contributed by atoms with Crippen LogP contribution < -0.4 is 4.65 Å². The topological polar surface area (TPSA) is 29.5 Å². The maximum absolute atomic E-state index is 8.63. The molecular formula is C11H13BClO2Si. The Hall–Kier alpha value is -0.888. The van der Waals surface area contributed by atoms with Crippen LogP contribution in [0.1, 0.15) is 5.56 Å². The Morgan fingerprint density at radius 3 is 2.62 bits per heavy atom. The van der Waals surface area contributed by atoms with E-state index in [1.165, 1.54) is 0 Å². The first kappa shape index (κ1) is 13.2. The van der Waals surface area contributed by atoms with E-state index in [9.17, 15) is 0 Å². The number of halogens is 1. The molecule has 2 nitrogen and oxygen atoms in total. The van der Waals surface area contributed by atoms with Crippen molar-refractivity contribution in [3.8, 4) is 17.2 Å². The van der Waals surface area contributed by atoms with Crippen LogP contribution in [0, 0.1) is 11.5 Å². The van der Waals surface area contributed by atoms with E-state index in [-0.39, 0.29) is 0 Å². The van der Waals surface area contributed by atoms with Crippen molar-refractivity contribution in [3.05, 3.63) is 28.8 Å². The third-order valence-corrected chi connectivity index (χ3v) is 2.91. The predicted octanol–water partition coefficient (Wildman–Crippen LogP) is 2.47. The van der Waals surface area contributed by atoms with Crippen molar-refractivity contribution in [2.24, 2.45) is 0 Å². The Morgan fingerprint density at radius 2 is 2.06 bits per heavy atom. The second-order valence-corrected chi connectivity index (χ2v) is 9.49. The van der Waals surface area contributed by atoms with Crippen molar-refractivity contribution in [2.45, 2.75) is 19.6 Å². The van der Waals surface area contributed by atoms with Gasteiger partial charge in [-0.2, -0.15) is 0 Å².